The largest absolute Gasteiger partial charge is 0.319 e. The van der Waals surface area contributed by atoms with Crippen LogP contribution < -0.4 is 5.43 Å². The highest BCUT2D eigenvalue weighted by Gasteiger charge is 2.11. The lowest BCUT2D eigenvalue weighted by molar-refractivity contribution is -0.121. The van der Waals surface area contributed by atoms with Crippen LogP contribution in [0.15, 0.2) is 47.6 Å². The molecule has 1 amide bonds. The molecule has 0 radical (unpaired) electrons. The number of hydrazone groups is 1. The van der Waals surface area contributed by atoms with Gasteiger partial charge in [-0.3, -0.25) is 4.79 Å². The van der Waals surface area contributed by atoms with Crippen molar-refractivity contribution in [2.24, 2.45) is 5.10 Å². The van der Waals surface area contributed by atoms with Crippen LogP contribution in [-0.2, 0) is 11.3 Å². The number of halogens is 2. The molecule has 128 valence electrons. The first-order valence-electron chi connectivity index (χ1n) is 7.66. The van der Waals surface area contributed by atoms with Gasteiger partial charge in [-0.2, -0.15) is 5.10 Å². The van der Waals surface area contributed by atoms with Crippen molar-refractivity contribution in [1.29, 1.82) is 0 Å². The van der Waals surface area contributed by atoms with Gasteiger partial charge in [-0.25, -0.2) is 19.2 Å². The second-order valence-electron chi connectivity index (χ2n) is 5.59. The van der Waals surface area contributed by atoms with E-state index in [1.165, 1.54) is 6.07 Å². The molecule has 0 fully saturated rings. The molecule has 5 nitrogen and oxygen atoms in total. The number of rotatable bonds is 4. The fourth-order valence-corrected chi connectivity index (χ4v) is 2.51. The van der Waals surface area contributed by atoms with Crippen LogP contribution in [0.5, 0.6) is 0 Å². The number of benzene rings is 2. The van der Waals surface area contributed by atoms with Crippen molar-refractivity contribution in [2.45, 2.75) is 20.4 Å². The Morgan fingerprint density at radius 1 is 1.20 bits per heavy atom. The highest BCUT2D eigenvalue weighted by molar-refractivity contribution is 5.99. The summed E-state index contributed by atoms with van der Waals surface area (Å²) in [5, 5.41) is 3.95. The standard InChI is InChI=1S/C18H16F2N4O/c1-11(13-7-8-14(19)15(20)9-13)22-23-18(25)10-24-12(2)21-16-5-3-4-6-17(16)24/h3-9H,10H2,1-2H3,(H,23,25)/b22-11-. The third kappa shape index (κ3) is 3.55. The number of fused-ring (bicyclic) bond motifs is 1. The third-order valence-corrected chi connectivity index (χ3v) is 3.83. The minimum atomic E-state index is -0.959. The van der Waals surface area contributed by atoms with Gasteiger partial charge >= 0.3 is 0 Å². The van der Waals surface area contributed by atoms with Gasteiger partial charge in [-0.05, 0) is 44.2 Å². The smallest absolute Gasteiger partial charge is 0.260 e. The van der Waals surface area contributed by atoms with Crippen LogP contribution in [-0.4, -0.2) is 21.2 Å². The number of nitrogens with one attached hydrogen (secondary N) is 1. The minimum Gasteiger partial charge on any atom is -0.319 e. The van der Waals surface area contributed by atoms with E-state index in [1.807, 2.05) is 31.2 Å². The Kier molecular flexibility index (Phi) is 4.56. The molecule has 2 aromatic carbocycles. The van der Waals surface area contributed by atoms with Gasteiger partial charge < -0.3 is 4.57 Å². The Morgan fingerprint density at radius 3 is 2.72 bits per heavy atom. The van der Waals surface area contributed by atoms with Gasteiger partial charge in [-0.1, -0.05) is 12.1 Å². The molecule has 3 aromatic rings. The van der Waals surface area contributed by atoms with Crippen molar-refractivity contribution in [3.63, 3.8) is 0 Å². The zero-order valence-corrected chi connectivity index (χ0v) is 13.8. The Morgan fingerprint density at radius 2 is 1.96 bits per heavy atom. The SMILES string of the molecule is C/C(=N/NC(=O)Cn1c(C)nc2ccccc21)c1ccc(F)c(F)c1. The molecule has 1 heterocycles. The average molecular weight is 342 g/mol. The van der Waals surface area contributed by atoms with E-state index in [0.29, 0.717) is 11.3 Å². The zero-order chi connectivity index (χ0) is 18.0. The number of hydrogen-bond donors (Lipinski definition) is 1. The molecule has 1 aromatic heterocycles. The second-order valence-corrected chi connectivity index (χ2v) is 5.59. The third-order valence-electron chi connectivity index (χ3n) is 3.83. The number of carbonyl (C=O) groups excluding carboxylic acids is 1. The number of amides is 1. The van der Waals surface area contributed by atoms with Gasteiger partial charge in [0.25, 0.3) is 5.91 Å². The molecule has 0 aliphatic carbocycles. The average Bonchev–Trinajstić information content (AvgIpc) is 2.91. The number of carbonyl (C=O) groups is 1. The summed E-state index contributed by atoms with van der Waals surface area (Å²) in [6.07, 6.45) is 0. The van der Waals surface area contributed by atoms with Crippen LogP contribution >= 0.6 is 0 Å². The Labute approximate surface area is 143 Å². The van der Waals surface area contributed by atoms with E-state index in [1.54, 1.807) is 11.5 Å². The van der Waals surface area contributed by atoms with Gasteiger partial charge in [0.2, 0.25) is 0 Å². The predicted molar refractivity (Wildman–Crippen MR) is 91.2 cm³/mol. The fourth-order valence-electron chi connectivity index (χ4n) is 2.51. The van der Waals surface area contributed by atoms with Crippen LogP contribution in [0.2, 0.25) is 0 Å². The number of aryl methyl sites for hydroxylation is 1. The van der Waals surface area contributed by atoms with Crippen molar-refractivity contribution in [1.82, 2.24) is 15.0 Å². The van der Waals surface area contributed by atoms with E-state index in [0.717, 1.165) is 29.0 Å². The minimum absolute atomic E-state index is 0.0565. The lowest BCUT2D eigenvalue weighted by Gasteiger charge is -2.07. The Balaban J connectivity index is 1.73. The molecular weight excluding hydrogens is 326 g/mol. The van der Waals surface area contributed by atoms with E-state index in [2.05, 4.69) is 15.5 Å². The molecule has 25 heavy (non-hydrogen) atoms. The maximum absolute atomic E-state index is 13.3. The number of hydrogen-bond acceptors (Lipinski definition) is 3. The molecule has 0 aliphatic rings. The summed E-state index contributed by atoms with van der Waals surface area (Å²) in [4.78, 5) is 16.6. The first-order valence-corrected chi connectivity index (χ1v) is 7.66. The van der Waals surface area contributed by atoms with Crippen molar-refractivity contribution in [3.05, 3.63) is 65.5 Å². The molecule has 1 N–H and O–H groups in total. The van der Waals surface area contributed by atoms with Crippen molar-refractivity contribution in [2.75, 3.05) is 0 Å². The fraction of sp³-hybridized carbons (Fsp3) is 0.167. The maximum atomic E-state index is 13.3. The topological polar surface area (TPSA) is 59.3 Å². The van der Waals surface area contributed by atoms with Crippen LogP contribution in [0.25, 0.3) is 11.0 Å². The Bertz CT molecular complexity index is 978. The summed E-state index contributed by atoms with van der Waals surface area (Å²) in [6.45, 7) is 3.48. The van der Waals surface area contributed by atoms with Crippen LogP contribution in [0.3, 0.4) is 0 Å². The normalized spacial score (nSPS) is 11.8. The lowest BCUT2D eigenvalue weighted by Crippen LogP contribution is -2.24. The summed E-state index contributed by atoms with van der Waals surface area (Å²) in [5.74, 6) is -1.51. The summed E-state index contributed by atoms with van der Waals surface area (Å²) >= 11 is 0. The monoisotopic (exact) mass is 342 g/mol. The molecule has 0 bridgehead atoms. The van der Waals surface area contributed by atoms with E-state index >= 15 is 0 Å². The highest BCUT2D eigenvalue weighted by Crippen LogP contribution is 2.15. The molecule has 0 aliphatic heterocycles. The first-order chi connectivity index (χ1) is 12.0. The van der Waals surface area contributed by atoms with Gasteiger partial charge in [0, 0.05) is 5.56 Å². The van der Waals surface area contributed by atoms with Crippen LogP contribution in [0.4, 0.5) is 8.78 Å². The number of imidazole rings is 1. The zero-order valence-electron chi connectivity index (χ0n) is 13.8. The lowest BCUT2D eigenvalue weighted by atomic mass is 10.1. The quantitative estimate of drug-likeness (QED) is 0.585. The molecule has 0 saturated heterocycles. The number of aromatic nitrogens is 2. The van der Waals surface area contributed by atoms with E-state index in [4.69, 9.17) is 0 Å². The van der Waals surface area contributed by atoms with E-state index < -0.39 is 11.6 Å². The molecule has 0 atom stereocenters. The van der Waals surface area contributed by atoms with Crippen molar-refractivity contribution < 1.29 is 13.6 Å². The predicted octanol–water partition coefficient (Wildman–Crippen LogP) is 3.16. The molecule has 0 saturated carbocycles. The molecular formula is C18H16F2N4O. The summed E-state index contributed by atoms with van der Waals surface area (Å²) < 4.78 is 28.0. The van der Waals surface area contributed by atoms with Crippen molar-refractivity contribution >= 4 is 22.7 Å². The number of nitrogens with zero attached hydrogens (tertiary/aromatic N) is 3. The van der Waals surface area contributed by atoms with Gasteiger partial charge in [0.15, 0.2) is 11.6 Å². The summed E-state index contributed by atoms with van der Waals surface area (Å²) in [6, 6.07) is 11.0. The van der Waals surface area contributed by atoms with Gasteiger partial charge in [0.05, 0.1) is 16.7 Å². The van der Waals surface area contributed by atoms with Crippen molar-refractivity contribution in [3.8, 4) is 0 Å². The highest BCUT2D eigenvalue weighted by atomic mass is 19.2. The second kappa shape index (κ2) is 6.80. The molecule has 7 heteroatoms. The number of para-hydroxylation sites is 2. The maximum Gasteiger partial charge on any atom is 0.260 e. The molecule has 0 spiro atoms. The molecule has 0 unspecified atom stereocenters. The summed E-state index contributed by atoms with van der Waals surface area (Å²) in [7, 11) is 0. The van der Waals surface area contributed by atoms with E-state index in [-0.39, 0.29) is 12.5 Å². The first kappa shape index (κ1) is 16.8. The summed E-state index contributed by atoms with van der Waals surface area (Å²) in [5.41, 5.74) is 4.87. The van der Waals surface area contributed by atoms with Crippen LogP contribution in [0, 0.1) is 18.6 Å². The van der Waals surface area contributed by atoms with E-state index in [9.17, 15) is 13.6 Å². The van der Waals surface area contributed by atoms with Gasteiger partial charge in [0.1, 0.15) is 12.4 Å². The van der Waals surface area contributed by atoms with Gasteiger partial charge in [-0.15, -0.1) is 0 Å². The molecule has 3 rings (SSSR count). The Hall–Kier alpha value is -3.09. The van der Waals surface area contributed by atoms with Crippen LogP contribution in [0.1, 0.15) is 18.3 Å².